The zero-order chi connectivity index (χ0) is 10.6. The van der Waals surface area contributed by atoms with Crippen molar-refractivity contribution in [2.24, 2.45) is 5.41 Å². The Morgan fingerprint density at radius 2 is 2.14 bits per heavy atom. The Bertz CT molecular complexity index is 465. The van der Waals surface area contributed by atoms with Crippen molar-refractivity contribution in [1.82, 2.24) is 15.2 Å². The van der Waals surface area contributed by atoms with Crippen LogP contribution >= 0.6 is 10.7 Å². The number of halogens is 1. The molecule has 1 heterocycles. The lowest BCUT2D eigenvalue weighted by Crippen LogP contribution is -1.94. The predicted molar refractivity (Wildman–Crippen MR) is 50.6 cm³/mol. The molecule has 14 heavy (non-hydrogen) atoms. The maximum absolute atomic E-state index is 10.9. The van der Waals surface area contributed by atoms with Gasteiger partial charge in [0.2, 0.25) is 0 Å². The lowest BCUT2D eigenvalue weighted by Gasteiger charge is -1.96. The van der Waals surface area contributed by atoms with Crippen LogP contribution in [0.3, 0.4) is 0 Å². The summed E-state index contributed by atoms with van der Waals surface area (Å²) in [5.74, 6) is 0.872. The molecule has 1 aromatic rings. The number of H-pyrrole nitrogens is 1. The van der Waals surface area contributed by atoms with E-state index in [0.717, 1.165) is 6.42 Å². The molecule has 0 aliphatic heterocycles. The zero-order valence-electron chi connectivity index (χ0n) is 7.78. The second-order valence-corrected chi connectivity index (χ2v) is 6.65. The van der Waals surface area contributed by atoms with Gasteiger partial charge in [-0.05, 0) is 11.8 Å². The van der Waals surface area contributed by atoms with Crippen molar-refractivity contribution >= 4 is 19.7 Å². The first-order chi connectivity index (χ1) is 6.31. The van der Waals surface area contributed by atoms with Gasteiger partial charge < -0.3 is 0 Å². The first kappa shape index (κ1) is 9.92. The van der Waals surface area contributed by atoms with Crippen LogP contribution in [0.25, 0.3) is 0 Å². The van der Waals surface area contributed by atoms with Crippen molar-refractivity contribution in [2.45, 2.75) is 31.3 Å². The van der Waals surface area contributed by atoms with Crippen molar-refractivity contribution in [3.8, 4) is 0 Å². The Kier molecular flexibility index (Phi) is 1.91. The zero-order valence-corrected chi connectivity index (χ0v) is 9.35. The van der Waals surface area contributed by atoms with Gasteiger partial charge in [0.25, 0.3) is 14.2 Å². The molecule has 78 valence electrons. The van der Waals surface area contributed by atoms with E-state index in [9.17, 15) is 8.42 Å². The Morgan fingerprint density at radius 1 is 1.57 bits per heavy atom. The number of aromatic amines is 1. The fourth-order valence-corrected chi connectivity index (χ4v) is 2.03. The molecule has 1 aliphatic rings. The summed E-state index contributed by atoms with van der Waals surface area (Å²) in [5.41, 5.74) is 0.187. The summed E-state index contributed by atoms with van der Waals surface area (Å²) in [7, 11) is 1.29. The molecule has 1 aliphatic carbocycles. The fourth-order valence-electron chi connectivity index (χ4n) is 1.46. The Morgan fingerprint density at radius 3 is 2.50 bits per heavy atom. The van der Waals surface area contributed by atoms with Crippen LogP contribution in [0, 0.1) is 5.41 Å². The molecule has 1 saturated carbocycles. The Balaban J connectivity index is 2.29. The minimum atomic E-state index is -3.81. The summed E-state index contributed by atoms with van der Waals surface area (Å²) >= 11 is 0. The van der Waals surface area contributed by atoms with Gasteiger partial charge in [-0.2, -0.15) is 0 Å². The molecule has 1 N–H and O–H groups in total. The van der Waals surface area contributed by atoms with E-state index in [0.29, 0.717) is 5.82 Å². The monoisotopic (exact) mass is 235 g/mol. The average molecular weight is 236 g/mol. The van der Waals surface area contributed by atoms with Gasteiger partial charge in [-0.25, -0.2) is 13.4 Å². The number of hydrogen-bond donors (Lipinski definition) is 1. The van der Waals surface area contributed by atoms with Gasteiger partial charge in [0.15, 0.2) is 0 Å². The number of rotatable bonds is 2. The summed E-state index contributed by atoms with van der Waals surface area (Å²) in [4.78, 5) is 3.85. The van der Waals surface area contributed by atoms with Gasteiger partial charge in [0, 0.05) is 16.6 Å². The molecular formula is C7H10ClN3O2S. The van der Waals surface area contributed by atoms with Crippen molar-refractivity contribution < 1.29 is 8.42 Å². The summed E-state index contributed by atoms with van der Waals surface area (Å²) in [6, 6.07) is 0. The average Bonchev–Trinajstić information content (AvgIpc) is 2.48. The SMILES string of the molecule is CC1(C)CC1c1nc(S(=O)(=O)Cl)n[nH]1. The number of nitrogens with one attached hydrogen (secondary N) is 1. The topological polar surface area (TPSA) is 75.7 Å². The molecule has 0 aromatic carbocycles. The van der Waals surface area contributed by atoms with Gasteiger partial charge >= 0.3 is 0 Å². The van der Waals surface area contributed by atoms with Crippen LogP contribution in [0.2, 0.25) is 0 Å². The van der Waals surface area contributed by atoms with Gasteiger partial charge in [-0.1, -0.05) is 13.8 Å². The lowest BCUT2D eigenvalue weighted by atomic mass is 10.1. The lowest BCUT2D eigenvalue weighted by molar-refractivity contribution is 0.599. The summed E-state index contributed by atoms with van der Waals surface area (Å²) < 4.78 is 21.7. The molecule has 1 aromatic heterocycles. The third-order valence-electron chi connectivity index (χ3n) is 2.54. The predicted octanol–water partition coefficient (Wildman–Crippen LogP) is 1.25. The Labute approximate surface area is 86.3 Å². The Hall–Kier alpha value is -0.620. The highest BCUT2D eigenvalue weighted by atomic mass is 35.7. The van der Waals surface area contributed by atoms with Gasteiger partial charge in [-0.3, -0.25) is 5.10 Å². The molecule has 0 radical (unpaired) electrons. The number of hydrogen-bond acceptors (Lipinski definition) is 4. The van der Waals surface area contributed by atoms with E-state index >= 15 is 0 Å². The molecule has 0 saturated heterocycles. The maximum Gasteiger partial charge on any atom is 0.298 e. The number of aromatic nitrogens is 3. The van der Waals surface area contributed by atoms with Crippen molar-refractivity contribution in [2.75, 3.05) is 0 Å². The maximum atomic E-state index is 10.9. The second kappa shape index (κ2) is 2.70. The van der Waals surface area contributed by atoms with E-state index < -0.39 is 9.05 Å². The van der Waals surface area contributed by atoms with Crippen molar-refractivity contribution in [1.29, 1.82) is 0 Å². The van der Waals surface area contributed by atoms with Crippen LogP contribution in [-0.4, -0.2) is 23.6 Å². The normalized spacial score (nSPS) is 24.9. The van der Waals surface area contributed by atoms with Crippen LogP contribution < -0.4 is 0 Å². The largest absolute Gasteiger partial charge is 0.298 e. The van der Waals surface area contributed by atoms with Crippen LogP contribution in [0.5, 0.6) is 0 Å². The molecule has 0 bridgehead atoms. The van der Waals surface area contributed by atoms with Gasteiger partial charge in [-0.15, -0.1) is 5.10 Å². The minimum absolute atomic E-state index is 0.187. The van der Waals surface area contributed by atoms with Crippen molar-refractivity contribution in [3.63, 3.8) is 0 Å². The molecule has 1 fully saturated rings. The third-order valence-corrected chi connectivity index (χ3v) is 3.58. The second-order valence-electron chi connectivity index (χ2n) is 4.19. The standard InChI is InChI=1S/C7H10ClN3O2S/c1-7(2)3-4(7)5-9-6(11-10-5)14(8,12)13/h4H,3H2,1-2H3,(H,9,10,11). The molecule has 0 amide bonds. The van der Waals surface area contributed by atoms with Crippen LogP contribution in [0.1, 0.15) is 32.0 Å². The molecule has 7 heteroatoms. The first-order valence-corrected chi connectivity index (χ1v) is 6.48. The summed E-state index contributed by atoms with van der Waals surface area (Å²) in [6.07, 6.45) is 0.990. The highest BCUT2D eigenvalue weighted by Gasteiger charge is 2.49. The number of nitrogens with zero attached hydrogens (tertiary/aromatic N) is 2. The van der Waals surface area contributed by atoms with Crippen molar-refractivity contribution in [3.05, 3.63) is 5.82 Å². The van der Waals surface area contributed by atoms with E-state index in [1.165, 1.54) is 0 Å². The van der Waals surface area contributed by atoms with E-state index in [1.54, 1.807) is 0 Å². The van der Waals surface area contributed by atoms with E-state index in [4.69, 9.17) is 10.7 Å². The highest BCUT2D eigenvalue weighted by molar-refractivity contribution is 8.13. The highest BCUT2D eigenvalue weighted by Crippen LogP contribution is 2.57. The summed E-state index contributed by atoms with van der Waals surface area (Å²) in [6.45, 7) is 4.18. The summed E-state index contributed by atoms with van der Waals surface area (Å²) in [5, 5.41) is 5.83. The van der Waals surface area contributed by atoms with Crippen LogP contribution in [-0.2, 0) is 9.05 Å². The van der Waals surface area contributed by atoms with Gasteiger partial charge in [0.1, 0.15) is 5.82 Å². The van der Waals surface area contributed by atoms with Crippen LogP contribution in [0.4, 0.5) is 0 Å². The smallest absolute Gasteiger partial charge is 0.262 e. The van der Waals surface area contributed by atoms with Gasteiger partial charge in [0.05, 0.1) is 0 Å². The molecule has 1 unspecified atom stereocenters. The van der Waals surface area contributed by atoms with E-state index in [2.05, 4.69) is 29.0 Å². The molecule has 0 spiro atoms. The molecule has 5 nitrogen and oxygen atoms in total. The third kappa shape index (κ3) is 1.64. The van der Waals surface area contributed by atoms with E-state index in [1.807, 2.05) is 0 Å². The molecular weight excluding hydrogens is 226 g/mol. The van der Waals surface area contributed by atoms with Crippen LogP contribution in [0.15, 0.2) is 5.16 Å². The molecule has 1 atom stereocenters. The first-order valence-electron chi connectivity index (χ1n) is 4.18. The quantitative estimate of drug-likeness (QED) is 0.783. The minimum Gasteiger partial charge on any atom is -0.262 e. The van der Waals surface area contributed by atoms with E-state index in [-0.39, 0.29) is 16.5 Å². The molecule has 2 rings (SSSR count). The fraction of sp³-hybridized carbons (Fsp3) is 0.714.